The Morgan fingerprint density at radius 1 is 0.444 bits per heavy atom. The molecule has 6 aliphatic rings. The molecule has 0 N–H and O–H groups in total. The van der Waals surface area contributed by atoms with Gasteiger partial charge in [-0.3, -0.25) is 0 Å². The maximum atomic E-state index is 6.36. The van der Waals surface area contributed by atoms with Gasteiger partial charge in [-0.2, -0.15) is 0 Å². The Morgan fingerprint density at radius 2 is 1.07 bits per heavy atom. The van der Waals surface area contributed by atoms with Gasteiger partial charge >= 0.3 is 0 Å². The van der Waals surface area contributed by atoms with E-state index in [0.717, 1.165) is 35.2 Å². The van der Waals surface area contributed by atoms with Crippen LogP contribution in [0.1, 0.15) is 43.2 Å². The summed E-state index contributed by atoms with van der Waals surface area (Å²) in [7, 11) is 0. The molecule has 0 saturated heterocycles. The molecule has 4 bridgehead atoms. The molecular formula is C44H34O. The Morgan fingerprint density at radius 3 is 1.84 bits per heavy atom. The quantitative estimate of drug-likeness (QED) is 0.198. The van der Waals surface area contributed by atoms with Crippen LogP contribution in [0.25, 0.3) is 55.3 Å². The molecule has 1 heterocycles. The third-order valence-corrected chi connectivity index (χ3v) is 12.5. The van der Waals surface area contributed by atoms with E-state index in [-0.39, 0.29) is 5.41 Å². The van der Waals surface area contributed by atoms with Gasteiger partial charge in [-0.15, -0.1) is 0 Å². The van der Waals surface area contributed by atoms with E-state index in [1.807, 2.05) is 0 Å². The summed E-state index contributed by atoms with van der Waals surface area (Å²) in [5, 5.41) is 2.42. The lowest BCUT2D eigenvalue weighted by atomic mass is 9.43. The van der Waals surface area contributed by atoms with Crippen molar-refractivity contribution in [2.24, 2.45) is 23.7 Å². The highest BCUT2D eigenvalue weighted by Gasteiger charge is 2.61. The van der Waals surface area contributed by atoms with Crippen LogP contribution in [-0.4, -0.2) is 0 Å². The molecule has 1 heteroatoms. The normalized spacial score (nSPS) is 26.0. The first-order chi connectivity index (χ1) is 22.2. The second-order valence-corrected chi connectivity index (χ2v) is 14.5. The van der Waals surface area contributed by atoms with Crippen molar-refractivity contribution in [1.29, 1.82) is 0 Å². The lowest BCUT2D eigenvalue weighted by Gasteiger charge is -2.61. The average molecular weight is 579 g/mol. The van der Waals surface area contributed by atoms with Gasteiger partial charge in [-0.05, 0) is 135 Å². The third kappa shape index (κ3) is 3.24. The highest BCUT2D eigenvalue weighted by atomic mass is 16.5. The smallest absolute Gasteiger partial charge is 0.135 e. The monoisotopic (exact) mass is 578 g/mol. The van der Waals surface area contributed by atoms with Crippen LogP contribution < -0.4 is 4.74 Å². The Hall–Kier alpha value is -4.62. The summed E-state index contributed by atoms with van der Waals surface area (Å²) in [6.45, 7) is 0. The Bertz CT molecular complexity index is 2170. The molecule has 1 aliphatic heterocycles. The standard InChI is InChI=1S/C44H34O/c1-2-9-39-35(7-1)36-17-15-32(25-40(36)44(39)33-20-26-19-27(22-33)23-34(44)21-26)29-13-11-28(12-14-29)31-16-18-41-38(24-31)37-8-3-5-30-6-4-10-42(45-41)43(30)37/h1-18,24-27,33-34H,19-23H2. The summed E-state index contributed by atoms with van der Waals surface area (Å²) in [5.41, 5.74) is 14.0. The summed E-state index contributed by atoms with van der Waals surface area (Å²) in [4.78, 5) is 0. The van der Waals surface area contributed by atoms with E-state index in [9.17, 15) is 0 Å². The van der Waals surface area contributed by atoms with Crippen molar-refractivity contribution >= 4 is 10.8 Å². The first-order valence-corrected chi connectivity index (χ1v) is 16.9. The minimum atomic E-state index is 0.210. The highest BCUT2D eigenvalue weighted by Crippen LogP contribution is 2.69. The van der Waals surface area contributed by atoms with Gasteiger partial charge in [0.2, 0.25) is 0 Å². The van der Waals surface area contributed by atoms with E-state index in [0.29, 0.717) is 0 Å². The van der Waals surface area contributed by atoms with Crippen LogP contribution in [0.15, 0.2) is 121 Å². The van der Waals surface area contributed by atoms with Gasteiger partial charge in [0.05, 0.1) is 0 Å². The second kappa shape index (κ2) is 8.76. The van der Waals surface area contributed by atoms with Crippen LogP contribution in [0.5, 0.6) is 11.5 Å². The summed E-state index contributed by atoms with van der Waals surface area (Å²) in [6, 6.07) is 45.6. The summed E-state index contributed by atoms with van der Waals surface area (Å²) < 4.78 is 6.36. The fraction of sp³-hybridized carbons (Fsp3) is 0.227. The summed E-state index contributed by atoms with van der Waals surface area (Å²) in [6.07, 6.45) is 7.18. The van der Waals surface area contributed by atoms with Crippen LogP contribution in [0, 0.1) is 23.7 Å². The number of benzene rings is 6. The van der Waals surface area contributed by atoms with Gasteiger partial charge in [0.15, 0.2) is 0 Å². The lowest BCUT2D eigenvalue weighted by molar-refractivity contribution is -0.0399. The zero-order valence-electron chi connectivity index (χ0n) is 25.3. The number of fused-ring (bicyclic) bond motifs is 5. The van der Waals surface area contributed by atoms with Crippen molar-refractivity contribution in [3.63, 3.8) is 0 Å². The van der Waals surface area contributed by atoms with Gasteiger partial charge < -0.3 is 4.74 Å². The molecule has 0 radical (unpaired) electrons. The van der Waals surface area contributed by atoms with E-state index in [2.05, 4.69) is 121 Å². The predicted molar refractivity (Wildman–Crippen MR) is 184 cm³/mol. The minimum absolute atomic E-state index is 0.210. The first-order valence-electron chi connectivity index (χ1n) is 16.9. The molecular weight excluding hydrogens is 544 g/mol. The molecule has 12 rings (SSSR count). The van der Waals surface area contributed by atoms with Gasteiger partial charge in [0, 0.05) is 16.4 Å². The fourth-order valence-corrected chi connectivity index (χ4v) is 10.9. The van der Waals surface area contributed by atoms with Crippen molar-refractivity contribution in [2.45, 2.75) is 37.5 Å². The predicted octanol–water partition coefficient (Wildman–Crippen LogP) is 11.7. The number of rotatable bonds is 2. The van der Waals surface area contributed by atoms with Gasteiger partial charge in [0.1, 0.15) is 11.5 Å². The van der Waals surface area contributed by atoms with Crippen LogP contribution >= 0.6 is 0 Å². The van der Waals surface area contributed by atoms with Gasteiger partial charge in [-0.25, -0.2) is 0 Å². The van der Waals surface area contributed by atoms with Crippen LogP contribution in [0.2, 0.25) is 0 Å². The van der Waals surface area contributed by atoms with Crippen molar-refractivity contribution in [3.05, 3.63) is 132 Å². The summed E-state index contributed by atoms with van der Waals surface area (Å²) in [5.74, 6) is 5.38. The minimum Gasteiger partial charge on any atom is -0.456 e. The van der Waals surface area contributed by atoms with E-state index < -0.39 is 0 Å². The lowest BCUT2D eigenvalue weighted by Crippen LogP contribution is -2.55. The van der Waals surface area contributed by atoms with Crippen molar-refractivity contribution in [2.75, 3.05) is 0 Å². The molecule has 6 aromatic carbocycles. The topological polar surface area (TPSA) is 9.23 Å². The fourth-order valence-electron chi connectivity index (χ4n) is 10.9. The molecule has 0 atom stereocenters. The van der Waals surface area contributed by atoms with Crippen molar-refractivity contribution in [1.82, 2.24) is 0 Å². The van der Waals surface area contributed by atoms with Crippen LogP contribution in [0.4, 0.5) is 0 Å². The number of hydrogen-bond acceptors (Lipinski definition) is 1. The third-order valence-electron chi connectivity index (χ3n) is 12.5. The van der Waals surface area contributed by atoms with Gasteiger partial charge in [0.25, 0.3) is 0 Å². The van der Waals surface area contributed by atoms with Crippen molar-refractivity contribution < 1.29 is 4.74 Å². The molecule has 1 nitrogen and oxygen atoms in total. The van der Waals surface area contributed by atoms with E-state index >= 15 is 0 Å². The molecule has 45 heavy (non-hydrogen) atoms. The molecule has 0 amide bonds. The zero-order valence-corrected chi connectivity index (χ0v) is 25.3. The second-order valence-electron chi connectivity index (χ2n) is 14.5. The SMILES string of the molecule is c1ccc2c(c1)-c1ccc(-c3ccc(-c4ccc5c(c4)-c4cccc6cccc(c46)O5)cc3)cc1C21C2CC3CC(C2)CC1C3. The van der Waals surface area contributed by atoms with E-state index in [1.54, 1.807) is 11.1 Å². The molecule has 4 fully saturated rings. The molecule has 216 valence electrons. The van der Waals surface area contributed by atoms with E-state index in [4.69, 9.17) is 4.74 Å². The molecule has 6 aromatic rings. The molecule has 1 spiro atoms. The molecule has 0 unspecified atom stereocenters. The summed E-state index contributed by atoms with van der Waals surface area (Å²) >= 11 is 0. The Kier molecular flexibility index (Phi) is 4.80. The zero-order chi connectivity index (χ0) is 29.3. The maximum Gasteiger partial charge on any atom is 0.135 e. The molecule has 4 saturated carbocycles. The largest absolute Gasteiger partial charge is 0.456 e. The number of ether oxygens (including phenoxy) is 1. The van der Waals surface area contributed by atoms with E-state index in [1.165, 1.54) is 87.4 Å². The number of hydrogen-bond donors (Lipinski definition) is 0. The van der Waals surface area contributed by atoms with Gasteiger partial charge in [-0.1, -0.05) is 97.1 Å². The Labute approximate surface area is 264 Å². The first kappa shape index (κ1) is 24.7. The highest BCUT2D eigenvalue weighted by molar-refractivity contribution is 6.04. The van der Waals surface area contributed by atoms with Crippen molar-refractivity contribution in [3.8, 4) is 56.0 Å². The maximum absolute atomic E-state index is 6.36. The van der Waals surface area contributed by atoms with Crippen LogP contribution in [-0.2, 0) is 5.41 Å². The average Bonchev–Trinajstić information content (AvgIpc) is 3.37. The molecule has 5 aliphatic carbocycles. The Balaban J connectivity index is 0.987. The van der Waals surface area contributed by atoms with Crippen LogP contribution in [0.3, 0.4) is 0 Å². The molecule has 0 aromatic heterocycles.